The summed E-state index contributed by atoms with van der Waals surface area (Å²) in [6.07, 6.45) is 0. The van der Waals surface area contributed by atoms with Crippen LogP contribution in [0, 0.1) is 27.2 Å². The van der Waals surface area contributed by atoms with Crippen molar-refractivity contribution < 1.29 is 18.3 Å². The summed E-state index contributed by atoms with van der Waals surface area (Å²) in [5, 5.41) is 21.9. The molecule has 1 aliphatic heterocycles. The highest BCUT2D eigenvalue weighted by Crippen LogP contribution is 2.26. The van der Waals surface area contributed by atoms with E-state index in [0.717, 1.165) is 11.6 Å². The number of rotatable bonds is 6. The van der Waals surface area contributed by atoms with Crippen LogP contribution >= 0.6 is 0 Å². The molecular formula is C18H20N4O6S. The van der Waals surface area contributed by atoms with E-state index < -0.39 is 19.9 Å². The Labute approximate surface area is 167 Å². The first-order chi connectivity index (χ1) is 13.7. The molecule has 0 bridgehead atoms. The maximum Gasteiger partial charge on any atom is 0.270 e. The average molecular weight is 420 g/mol. The normalized spacial score (nSPS) is 15.9. The molecule has 11 heteroatoms. The Kier molecular flexibility index (Phi) is 5.91. The molecule has 1 aliphatic rings. The second-order valence-corrected chi connectivity index (χ2v) is 8.72. The minimum atomic E-state index is -3.85. The smallest absolute Gasteiger partial charge is 0.270 e. The first-order valence-corrected chi connectivity index (χ1v) is 10.3. The van der Waals surface area contributed by atoms with Crippen LogP contribution in [0.3, 0.4) is 0 Å². The molecule has 1 saturated heterocycles. The topological polar surface area (TPSA) is 127 Å². The van der Waals surface area contributed by atoms with Gasteiger partial charge in [-0.25, -0.2) is 8.42 Å². The van der Waals surface area contributed by atoms with Crippen LogP contribution in [0.1, 0.15) is 11.1 Å². The van der Waals surface area contributed by atoms with Crippen molar-refractivity contribution in [2.45, 2.75) is 18.4 Å². The summed E-state index contributed by atoms with van der Waals surface area (Å²) in [5.74, 6) is 0. The molecule has 0 N–H and O–H groups in total. The van der Waals surface area contributed by atoms with Gasteiger partial charge in [0.1, 0.15) is 0 Å². The number of sulfonamides is 1. The van der Waals surface area contributed by atoms with Gasteiger partial charge in [0.15, 0.2) is 0 Å². The van der Waals surface area contributed by atoms with Crippen molar-refractivity contribution in [1.29, 1.82) is 0 Å². The minimum absolute atomic E-state index is 0.0184. The predicted molar refractivity (Wildman–Crippen MR) is 105 cm³/mol. The molecule has 0 spiro atoms. The third-order valence-corrected chi connectivity index (χ3v) is 6.90. The van der Waals surface area contributed by atoms with Crippen molar-refractivity contribution in [2.24, 2.45) is 0 Å². The van der Waals surface area contributed by atoms with Crippen LogP contribution in [0.15, 0.2) is 47.4 Å². The molecule has 0 unspecified atom stereocenters. The summed E-state index contributed by atoms with van der Waals surface area (Å²) in [6, 6.07) is 10.2. The molecule has 0 aromatic heterocycles. The molecule has 0 amide bonds. The van der Waals surface area contributed by atoms with E-state index >= 15 is 0 Å². The van der Waals surface area contributed by atoms with Crippen LogP contribution in [-0.2, 0) is 16.6 Å². The Hall–Kier alpha value is -2.89. The van der Waals surface area contributed by atoms with Gasteiger partial charge in [-0.1, -0.05) is 18.2 Å². The SMILES string of the molecule is Cc1ccc([N+](=O)[O-])cc1S(=O)(=O)N1CCN(Cc2cccc([N+](=O)[O-])c2)CC1. The average Bonchev–Trinajstić information content (AvgIpc) is 2.68. The monoisotopic (exact) mass is 420 g/mol. The largest absolute Gasteiger partial charge is 0.296 e. The molecule has 0 atom stereocenters. The van der Waals surface area contributed by atoms with Crippen LogP contribution in [0.2, 0.25) is 0 Å². The molecule has 0 saturated carbocycles. The number of nitro benzene ring substituents is 2. The van der Waals surface area contributed by atoms with Crippen molar-refractivity contribution in [3.05, 3.63) is 73.8 Å². The lowest BCUT2D eigenvalue weighted by atomic mass is 10.2. The summed E-state index contributed by atoms with van der Waals surface area (Å²) in [6.45, 7) is 3.46. The zero-order valence-corrected chi connectivity index (χ0v) is 16.5. The molecule has 154 valence electrons. The fraction of sp³-hybridized carbons (Fsp3) is 0.333. The van der Waals surface area contributed by atoms with Crippen molar-refractivity contribution in [1.82, 2.24) is 9.21 Å². The van der Waals surface area contributed by atoms with Gasteiger partial charge < -0.3 is 0 Å². The fourth-order valence-electron chi connectivity index (χ4n) is 3.27. The first kappa shape index (κ1) is 20.8. The third kappa shape index (κ3) is 4.58. The molecule has 10 nitrogen and oxygen atoms in total. The number of non-ortho nitro benzene ring substituents is 2. The zero-order valence-electron chi connectivity index (χ0n) is 15.7. The lowest BCUT2D eigenvalue weighted by Crippen LogP contribution is -2.48. The van der Waals surface area contributed by atoms with Crippen molar-refractivity contribution in [3.63, 3.8) is 0 Å². The number of nitro groups is 2. The van der Waals surface area contributed by atoms with Crippen LogP contribution in [-0.4, -0.2) is 53.6 Å². The molecule has 0 radical (unpaired) electrons. The van der Waals surface area contributed by atoms with Gasteiger partial charge in [0.25, 0.3) is 11.4 Å². The van der Waals surface area contributed by atoms with E-state index in [9.17, 15) is 28.6 Å². The third-order valence-electron chi connectivity index (χ3n) is 4.86. The van der Waals surface area contributed by atoms with Gasteiger partial charge in [0.2, 0.25) is 10.0 Å². The molecule has 1 fully saturated rings. The zero-order chi connectivity index (χ0) is 21.2. The van der Waals surface area contributed by atoms with Crippen molar-refractivity contribution >= 4 is 21.4 Å². The minimum Gasteiger partial charge on any atom is -0.296 e. The van der Waals surface area contributed by atoms with E-state index in [1.165, 1.54) is 28.6 Å². The van der Waals surface area contributed by atoms with Gasteiger partial charge in [-0.05, 0) is 18.1 Å². The Morgan fingerprint density at radius 3 is 2.17 bits per heavy atom. The van der Waals surface area contributed by atoms with Crippen LogP contribution in [0.5, 0.6) is 0 Å². The van der Waals surface area contributed by atoms with Crippen LogP contribution in [0.25, 0.3) is 0 Å². The highest BCUT2D eigenvalue weighted by atomic mass is 32.2. The van der Waals surface area contributed by atoms with Crippen LogP contribution in [0.4, 0.5) is 11.4 Å². The maximum atomic E-state index is 13.0. The van der Waals surface area contributed by atoms with Crippen molar-refractivity contribution in [2.75, 3.05) is 26.2 Å². The van der Waals surface area contributed by atoms with E-state index in [1.807, 2.05) is 4.90 Å². The molecule has 29 heavy (non-hydrogen) atoms. The number of piperazine rings is 1. The summed E-state index contributed by atoms with van der Waals surface area (Å²) < 4.78 is 27.3. The van der Waals surface area contributed by atoms with Crippen molar-refractivity contribution in [3.8, 4) is 0 Å². The van der Waals surface area contributed by atoms with Gasteiger partial charge in [0, 0.05) is 57.0 Å². The van der Waals surface area contributed by atoms with Gasteiger partial charge >= 0.3 is 0 Å². The Morgan fingerprint density at radius 2 is 1.55 bits per heavy atom. The molecule has 2 aromatic rings. The summed E-state index contributed by atoms with van der Waals surface area (Å²) >= 11 is 0. The van der Waals surface area contributed by atoms with Crippen LogP contribution < -0.4 is 0 Å². The van der Waals surface area contributed by atoms with E-state index in [4.69, 9.17) is 0 Å². The number of aryl methyl sites for hydroxylation is 1. The molecule has 3 rings (SSSR count). The molecule has 0 aliphatic carbocycles. The first-order valence-electron chi connectivity index (χ1n) is 8.89. The number of benzene rings is 2. The number of nitrogens with zero attached hydrogens (tertiary/aromatic N) is 4. The second kappa shape index (κ2) is 8.23. The van der Waals surface area contributed by atoms with Gasteiger partial charge in [-0.15, -0.1) is 0 Å². The fourth-order valence-corrected chi connectivity index (χ4v) is 4.94. The second-order valence-electron chi connectivity index (χ2n) is 6.81. The lowest BCUT2D eigenvalue weighted by molar-refractivity contribution is -0.385. The Morgan fingerprint density at radius 1 is 0.931 bits per heavy atom. The number of hydrogen-bond donors (Lipinski definition) is 0. The Bertz CT molecular complexity index is 1050. The highest BCUT2D eigenvalue weighted by molar-refractivity contribution is 7.89. The van der Waals surface area contributed by atoms with Gasteiger partial charge in [-0.2, -0.15) is 4.31 Å². The van der Waals surface area contributed by atoms with Gasteiger partial charge in [0.05, 0.1) is 14.7 Å². The number of hydrogen-bond acceptors (Lipinski definition) is 7. The van der Waals surface area contributed by atoms with E-state index in [2.05, 4.69) is 0 Å². The molecule has 1 heterocycles. The maximum absolute atomic E-state index is 13.0. The Balaban J connectivity index is 1.70. The summed E-state index contributed by atoms with van der Waals surface area (Å²) in [7, 11) is -3.85. The molecule has 2 aromatic carbocycles. The quantitative estimate of drug-likeness (QED) is 0.518. The summed E-state index contributed by atoms with van der Waals surface area (Å²) in [4.78, 5) is 22.8. The van der Waals surface area contributed by atoms with E-state index in [1.54, 1.807) is 19.1 Å². The standard InChI is InChI=1S/C18H20N4O6S/c1-14-5-6-17(22(25)26)12-18(14)29(27,28)20-9-7-19(8-10-20)13-15-3-2-4-16(11-15)21(23)24/h2-6,11-12H,7-10,13H2,1H3. The van der Waals surface area contributed by atoms with Gasteiger partial charge in [-0.3, -0.25) is 25.1 Å². The predicted octanol–water partition coefficient (Wildman–Crippen LogP) is 2.32. The van der Waals surface area contributed by atoms with E-state index in [-0.39, 0.29) is 29.4 Å². The molecular weight excluding hydrogens is 400 g/mol. The van der Waals surface area contributed by atoms with E-state index in [0.29, 0.717) is 25.2 Å². The highest BCUT2D eigenvalue weighted by Gasteiger charge is 2.30. The summed E-state index contributed by atoms with van der Waals surface area (Å²) in [5.41, 5.74) is 0.989. The lowest BCUT2D eigenvalue weighted by Gasteiger charge is -2.34.